The first-order chi connectivity index (χ1) is 15.9. The van der Waals surface area contributed by atoms with Crippen LogP contribution < -0.4 is 4.90 Å². The van der Waals surface area contributed by atoms with Gasteiger partial charge in [0, 0.05) is 43.7 Å². The average Bonchev–Trinajstić information content (AvgIpc) is 3.52. The molecular weight excluding hydrogens is 428 g/mol. The zero-order valence-electron chi connectivity index (χ0n) is 19.0. The number of anilines is 1. The maximum Gasteiger partial charge on any atom is 0.274 e. The van der Waals surface area contributed by atoms with Gasteiger partial charge in [0.25, 0.3) is 12.3 Å². The van der Waals surface area contributed by atoms with E-state index < -0.39 is 13.0 Å². The lowest BCUT2D eigenvalue weighted by Gasteiger charge is -2.34. The third kappa shape index (κ3) is 4.30. The van der Waals surface area contributed by atoms with Gasteiger partial charge in [0.05, 0.1) is 11.7 Å². The molecule has 2 aliphatic heterocycles. The topological polar surface area (TPSA) is 71.6 Å². The third-order valence-corrected chi connectivity index (χ3v) is 6.64. The predicted octanol–water partition coefficient (Wildman–Crippen LogP) is 3.71. The Morgan fingerprint density at radius 2 is 2.06 bits per heavy atom. The molecule has 3 aromatic rings. The van der Waals surface area contributed by atoms with Crippen molar-refractivity contribution < 1.29 is 13.6 Å². The van der Waals surface area contributed by atoms with Crippen molar-refractivity contribution in [1.29, 1.82) is 0 Å². The second kappa shape index (κ2) is 8.72. The summed E-state index contributed by atoms with van der Waals surface area (Å²) in [7, 11) is 0. The number of nitrogens with zero attached hydrogens (tertiary/aromatic N) is 7. The molecule has 33 heavy (non-hydrogen) atoms. The molecule has 5 rings (SSSR count). The van der Waals surface area contributed by atoms with Crippen molar-refractivity contribution in [2.45, 2.75) is 58.5 Å². The molecule has 8 nitrogen and oxygen atoms in total. The van der Waals surface area contributed by atoms with Crippen molar-refractivity contribution in [3.8, 4) is 0 Å². The molecule has 2 fully saturated rings. The standard InChI is InChI=1S/C23H29F2N7O/c1-15-6-9-29(12-15)22-16(2)13-32-21(26-22)11-18(28-32)19-5-3-4-8-31(19)23(33)17-7-10-30(27-17)14-20(24)25/h7,10-11,13,15,19-20H,3-6,8-9,12,14H2,1-2H3/t15-,19-/m0/s1. The molecule has 0 bridgehead atoms. The van der Waals surface area contributed by atoms with E-state index in [1.165, 1.54) is 18.7 Å². The van der Waals surface area contributed by atoms with E-state index in [1.54, 1.807) is 9.42 Å². The number of carbonyl (C=O) groups excluding carboxylic acids is 1. The molecule has 0 spiro atoms. The molecule has 1 amide bonds. The van der Waals surface area contributed by atoms with Crippen molar-refractivity contribution in [2.24, 2.45) is 5.92 Å². The fourth-order valence-corrected chi connectivity index (χ4v) is 4.98. The molecule has 0 unspecified atom stereocenters. The third-order valence-electron chi connectivity index (χ3n) is 6.64. The summed E-state index contributed by atoms with van der Waals surface area (Å²) >= 11 is 0. The summed E-state index contributed by atoms with van der Waals surface area (Å²) in [5.74, 6) is 1.41. The maximum absolute atomic E-state index is 13.2. The molecule has 176 valence electrons. The highest BCUT2D eigenvalue weighted by atomic mass is 19.3. The van der Waals surface area contributed by atoms with Gasteiger partial charge in [-0.1, -0.05) is 6.92 Å². The number of fused-ring (bicyclic) bond motifs is 1. The predicted molar refractivity (Wildman–Crippen MR) is 120 cm³/mol. The quantitative estimate of drug-likeness (QED) is 0.584. The Labute approximate surface area is 191 Å². The Morgan fingerprint density at radius 3 is 2.82 bits per heavy atom. The fourth-order valence-electron chi connectivity index (χ4n) is 4.98. The van der Waals surface area contributed by atoms with Crippen LogP contribution in [0.15, 0.2) is 24.5 Å². The highest BCUT2D eigenvalue weighted by molar-refractivity contribution is 5.92. The molecule has 2 aliphatic rings. The van der Waals surface area contributed by atoms with Gasteiger partial charge in [-0.3, -0.25) is 9.48 Å². The van der Waals surface area contributed by atoms with Crippen LogP contribution in [0.4, 0.5) is 14.6 Å². The maximum atomic E-state index is 13.2. The molecule has 3 aromatic heterocycles. The van der Waals surface area contributed by atoms with Crippen LogP contribution >= 0.6 is 0 Å². The van der Waals surface area contributed by atoms with Gasteiger partial charge in [0.15, 0.2) is 5.65 Å². The van der Waals surface area contributed by atoms with Gasteiger partial charge >= 0.3 is 0 Å². The Kier molecular flexibility index (Phi) is 5.76. The lowest BCUT2D eigenvalue weighted by atomic mass is 9.99. The minimum atomic E-state index is -2.52. The Bertz CT molecular complexity index is 1160. The van der Waals surface area contributed by atoms with Crippen molar-refractivity contribution in [3.05, 3.63) is 41.5 Å². The van der Waals surface area contributed by atoms with Crippen molar-refractivity contribution in [2.75, 3.05) is 24.5 Å². The van der Waals surface area contributed by atoms with E-state index in [4.69, 9.17) is 10.1 Å². The molecule has 2 saturated heterocycles. The lowest BCUT2D eigenvalue weighted by Crippen LogP contribution is -2.39. The second-order valence-electron chi connectivity index (χ2n) is 9.28. The van der Waals surface area contributed by atoms with Crippen LogP contribution in [0.3, 0.4) is 0 Å². The van der Waals surface area contributed by atoms with E-state index in [0.29, 0.717) is 12.5 Å². The molecular formula is C23H29F2N7O. The SMILES string of the molecule is Cc1cn2nc([C@@H]3CCCCN3C(=O)c3ccn(CC(F)F)n3)cc2nc1N1CC[C@H](C)C1. The summed E-state index contributed by atoms with van der Waals surface area (Å²) < 4.78 is 28.3. The van der Waals surface area contributed by atoms with Gasteiger partial charge in [-0.05, 0) is 44.6 Å². The molecule has 0 radical (unpaired) electrons. The monoisotopic (exact) mass is 457 g/mol. The van der Waals surface area contributed by atoms with E-state index in [0.717, 1.165) is 59.8 Å². The number of likely N-dealkylation sites (tertiary alicyclic amines) is 1. The van der Waals surface area contributed by atoms with Crippen molar-refractivity contribution >= 4 is 17.4 Å². The molecule has 5 heterocycles. The summed E-state index contributed by atoms with van der Waals surface area (Å²) in [6.45, 7) is 6.40. The molecule has 0 saturated carbocycles. The number of hydrogen-bond acceptors (Lipinski definition) is 5. The van der Waals surface area contributed by atoms with Gasteiger partial charge in [0.1, 0.15) is 18.1 Å². The Morgan fingerprint density at radius 1 is 1.21 bits per heavy atom. The van der Waals surface area contributed by atoms with Crippen molar-refractivity contribution in [3.63, 3.8) is 0 Å². The number of halogens is 2. The largest absolute Gasteiger partial charge is 0.356 e. The smallest absolute Gasteiger partial charge is 0.274 e. The second-order valence-corrected chi connectivity index (χ2v) is 9.28. The summed E-state index contributed by atoms with van der Waals surface area (Å²) in [5, 5.41) is 8.84. The van der Waals surface area contributed by atoms with Gasteiger partial charge in [0.2, 0.25) is 0 Å². The normalized spacial score (nSPS) is 21.5. The molecule has 10 heteroatoms. The van der Waals surface area contributed by atoms with Gasteiger partial charge in [-0.25, -0.2) is 18.3 Å². The van der Waals surface area contributed by atoms with E-state index in [2.05, 4.69) is 23.8 Å². The van der Waals surface area contributed by atoms with Crippen LogP contribution in [0.5, 0.6) is 0 Å². The Balaban J connectivity index is 1.42. The summed E-state index contributed by atoms with van der Waals surface area (Å²) in [5.41, 5.74) is 2.83. The molecule has 0 aromatic carbocycles. The number of aryl methyl sites for hydroxylation is 1. The summed E-state index contributed by atoms with van der Waals surface area (Å²) in [6, 6.07) is 3.28. The lowest BCUT2D eigenvalue weighted by molar-refractivity contribution is 0.0596. The number of alkyl halides is 2. The highest BCUT2D eigenvalue weighted by Gasteiger charge is 2.32. The van der Waals surface area contributed by atoms with E-state index in [1.807, 2.05) is 12.3 Å². The summed E-state index contributed by atoms with van der Waals surface area (Å²) in [4.78, 5) is 22.2. The van der Waals surface area contributed by atoms with E-state index in [9.17, 15) is 13.6 Å². The Hall–Kier alpha value is -3.04. The average molecular weight is 458 g/mol. The van der Waals surface area contributed by atoms with Gasteiger partial charge in [-0.15, -0.1) is 0 Å². The molecule has 2 atom stereocenters. The van der Waals surface area contributed by atoms with Crippen LogP contribution in [-0.4, -0.2) is 61.2 Å². The van der Waals surface area contributed by atoms with E-state index in [-0.39, 0.29) is 17.6 Å². The molecule has 0 aliphatic carbocycles. The zero-order chi connectivity index (χ0) is 23.1. The van der Waals surface area contributed by atoms with Gasteiger partial charge in [-0.2, -0.15) is 10.2 Å². The van der Waals surface area contributed by atoms with Crippen LogP contribution in [0.2, 0.25) is 0 Å². The fraction of sp³-hybridized carbons (Fsp3) is 0.565. The van der Waals surface area contributed by atoms with Crippen LogP contribution in [0.1, 0.15) is 60.4 Å². The minimum Gasteiger partial charge on any atom is -0.356 e. The van der Waals surface area contributed by atoms with Crippen LogP contribution in [-0.2, 0) is 6.54 Å². The minimum absolute atomic E-state index is 0.186. The summed E-state index contributed by atoms with van der Waals surface area (Å²) in [6.07, 6.45) is 4.76. The van der Waals surface area contributed by atoms with Crippen LogP contribution in [0, 0.1) is 12.8 Å². The van der Waals surface area contributed by atoms with Crippen LogP contribution in [0.25, 0.3) is 5.65 Å². The molecule has 0 N–H and O–H groups in total. The van der Waals surface area contributed by atoms with E-state index >= 15 is 0 Å². The number of amides is 1. The number of rotatable bonds is 5. The highest BCUT2D eigenvalue weighted by Crippen LogP contribution is 2.32. The first-order valence-corrected chi connectivity index (χ1v) is 11.6. The first kappa shape index (κ1) is 21.8. The van der Waals surface area contributed by atoms with Gasteiger partial charge < -0.3 is 9.80 Å². The number of aromatic nitrogens is 5. The number of hydrogen-bond donors (Lipinski definition) is 0. The number of piperidine rings is 1. The first-order valence-electron chi connectivity index (χ1n) is 11.6. The zero-order valence-corrected chi connectivity index (χ0v) is 19.0. The van der Waals surface area contributed by atoms with Crippen molar-refractivity contribution in [1.82, 2.24) is 29.3 Å². The number of carbonyl (C=O) groups is 1.